The Morgan fingerprint density at radius 2 is 1.94 bits per heavy atom. The number of hydrogen-bond acceptors (Lipinski definition) is 3. The molecule has 0 spiro atoms. The highest BCUT2D eigenvalue weighted by molar-refractivity contribution is 7.89. The van der Waals surface area contributed by atoms with Crippen molar-refractivity contribution < 1.29 is 21.6 Å². The van der Waals surface area contributed by atoms with Gasteiger partial charge in [-0.3, -0.25) is 0 Å². The molecule has 8 heteroatoms. The molecule has 0 aliphatic heterocycles. The molecule has 0 aromatic carbocycles. The van der Waals surface area contributed by atoms with Gasteiger partial charge in [0.2, 0.25) is 10.0 Å². The molecule has 0 saturated carbocycles. The van der Waals surface area contributed by atoms with Gasteiger partial charge in [0.05, 0.1) is 5.75 Å². The average Bonchev–Trinajstić information content (AvgIpc) is 2.12. The van der Waals surface area contributed by atoms with Gasteiger partial charge in [-0.1, -0.05) is 6.92 Å². The van der Waals surface area contributed by atoms with Gasteiger partial charge in [0.1, 0.15) is 0 Å². The lowest BCUT2D eigenvalue weighted by atomic mass is 10.2. The fourth-order valence-corrected chi connectivity index (χ4v) is 2.05. The fourth-order valence-electron chi connectivity index (χ4n) is 0.913. The Balaban J connectivity index is 3.89. The van der Waals surface area contributed by atoms with Crippen LogP contribution in [0.1, 0.15) is 26.2 Å². The van der Waals surface area contributed by atoms with Gasteiger partial charge in [-0.25, -0.2) is 13.1 Å². The normalized spacial score (nSPS) is 15.1. The van der Waals surface area contributed by atoms with Gasteiger partial charge in [0, 0.05) is 19.0 Å². The molecule has 0 bridgehead atoms. The van der Waals surface area contributed by atoms with Crippen molar-refractivity contribution in [1.29, 1.82) is 0 Å². The van der Waals surface area contributed by atoms with Crippen molar-refractivity contribution in [3.63, 3.8) is 0 Å². The van der Waals surface area contributed by atoms with Crippen LogP contribution in [-0.2, 0) is 10.0 Å². The van der Waals surface area contributed by atoms with Gasteiger partial charge in [-0.2, -0.15) is 13.2 Å². The Bertz CT molecular complexity index is 290. The van der Waals surface area contributed by atoms with E-state index in [1.54, 1.807) is 6.92 Å². The van der Waals surface area contributed by atoms with Crippen LogP contribution >= 0.6 is 0 Å². The molecule has 16 heavy (non-hydrogen) atoms. The lowest BCUT2D eigenvalue weighted by Crippen LogP contribution is -2.37. The summed E-state index contributed by atoms with van der Waals surface area (Å²) >= 11 is 0. The SMILES string of the molecule is CCC(N)CNS(=O)(=O)CCCC(F)(F)F. The van der Waals surface area contributed by atoms with E-state index in [2.05, 4.69) is 4.72 Å². The molecule has 1 unspecified atom stereocenters. The molecule has 0 aliphatic rings. The highest BCUT2D eigenvalue weighted by Crippen LogP contribution is 2.21. The van der Waals surface area contributed by atoms with Crippen molar-refractivity contribution in [3.05, 3.63) is 0 Å². The largest absolute Gasteiger partial charge is 0.389 e. The van der Waals surface area contributed by atoms with Crippen molar-refractivity contribution in [3.8, 4) is 0 Å². The number of rotatable bonds is 7. The zero-order chi connectivity index (χ0) is 12.8. The molecular weight excluding hydrogens is 245 g/mol. The summed E-state index contributed by atoms with van der Waals surface area (Å²) in [6.07, 6.45) is -5.23. The van der Waals surface area contributed by atoms with E-state index in [0.29, 0.717) is 6.42 Å². The minimum absolute atomic E-state index is 0.0604. The third-order valence-electron chi connectivity index (χ3n) is 1.96. The zero-order valence-corrected chi connectivity index (χ0v) is 9.87. The van der Waals surface area contributed by atoms with Gasteiger partial charge < -0.3 is 5.73 Å². The van der Waals surface area contributed by atoms with Crippen LogP contribution in [-0.4, -0.2) is 32.9 Å². The number of nitrogens with two attached hydrogens (primary N) is 1. The van der Waals surface area contributed by atoms with E-state index in [1.807, 2.05) is 0 Å². The number of sulfonamides is 1. The summed E-state index contributed by atoms with van der Waals surface area (Å²) < 4.78 is 59.9. The Labute approximate surface area is 93.4 Å². The van der Waals surface area contributed by atoms with E-state index in [9.17, 15) is 21.6 Å². The molecule has 0 aliphatic carbocycles. The monoisotopic (exact) mass is 262 g/mol. The summed E-state index contributed by atoms with van der Waals surface area (Å²) in [6, 6.07) is -0.308. The van der Waals surface area contributed by atoms with Crippen LogP contribution in [0.5, 0.6) is 0 Å². The molecule has 0 fully saturated rings. The van der Waals surface area contributed by atoms with Gasteiger partial charge >= 0.3 is 6.18 Å². The minimum atomic E-state index is -4.31. The van der Waals surface area contributed by atoms with E-state index in [-0.39, 0.29) is 12.6 Å². The van der Waals surface area contributed by atoms with Crippen molar-refractivity contribution >= 4 is 10.0 Å². The number of alkyl halides is 3. The molecule has 98 valence electrons. The van der Waals surface area contributed by atoms with E-state index in [4.69, 9.17) is 5.73 Å². The predicted molar refractivity (Wildman–Crippen MR) is 55.3 cm³/mol. The van der Waals surface area contributed by atoms with Crippen LogP contribution in [0, 0.1) is 0 Å². The third-order valence-corrected chi connectivity index (χ3v) is 3.40. The first-order valence-electron chi connectivity index (χ1n) is 4.96. The van der Waals surface area contributed by atoms with Crippen molar-refractivity contribution in [2.75, 3.05) is 12.3 Å². The van der Waals surface area contributed by atoms with E-state index in [0.717, 1.165) is 0 Å². The second-order valence-electron chi connectivity index (χ2n) is 3.55. The summed E-state index contributed by atoms with van der Waals surface area (Å²) in [7, 11) is -3.64. The maximum absolute atomic E-state index is 11.8. The summed E-state index contributed by atoms with van der Waals surface area (Å²) in [6.45, 7) is 1.85. The van der Waals surface area contributed by atoms with E-state index < -0.39 is 34.8 Å². The highest BCUT2D eigenvalue weighted by Gasteiger charge is 2.27. The maximum atomic E-state index is 11.8. The predicted octanol–water partition coefficient (Wildman–Crippen LogP) is 0.986. The summed E-state index contributed by atoms with van der Waals surface area (Å²) in [5.41, 5.74) is 5.47. The maximum Gasteiger partial charge on any atom is 0.389 e. The second-order valence-corrected chi connectivity index (χ2v) is 5.48. The second kappa shape index (κ2) is 6.41. The fraction of sp³-hybridized carbons (Fsp3) is 1.00. The molecule has 4 nitrogen and oxygen atoms in total. The Kier molecular flexibility index (Phi) is 6.27. The molecule has 0 amide bonds. The number of hydrogen-bond donors (Lipinski definition) is 2. The van der Waals surface area contributed by atoms with Crippen molar-refractivity contribution in [1.82, 2.24) is 4.72 Å². The zero-order valence-electron chi connectivity index (χ0n) is 9.05. The number of halogens is 3. The molecule has 1 atom stereocenters. The van der Waals surface area contributed by atoms with Gasteiger partial charge in [0.25, 0.3) is 0 Å². The van der Waals surface area contributed by atoms with E-state index in [1.165, 1.54) is 0 Å². The van der Waals surface area contributed by atoms with Crippen LogP contribution in [0.4, 0.5) is 13.2 Å². The Morgan fingerprint density at radius 1 is 1.38 bits per heavy atom. The van der Waals surface area contributed by atoms with Crippen LogP contribution in [0.2, 0.25) is 0 Å². The first-order chi connectivity index (χ1) is 7.16. The van der Waals surface area contributed by atoms with Crippen molar-refractivity contribution in [2.24, 2.45) is 5.73 Å². The van der Waals surface area contributed by atoms with Crippen LogP contribution in [0.15, 0.2) is 0 Å². The van der Waals surface area contributed by atoms with Crippen LogP contribution in [0.3, 0.4) is 0 Å². The van der Waals surface area contributed by atoms with Crippen LogP contribution < -0.4 is 10.5 Å². The van der Waals surface area contributed by atoms with Crippen molar-refractivity contribution in [2.45, 2.75) is 38.4 Å². The average molecular weight is 262 g/mol. The highest BCUT2D eigenvalue weighted by atomic mass is 32.2. The molecule has 3 N–H and O–H groups in total. The smallest absolute Gasteiger partial charge is 0.327 e. The Hall–Kier alpha value is -0.340. The third kappa shape index (κ3) is 8.93. The van der Waals surface area contributed by atoms with Crippen LogP contribution in [0.25, 0.3) is 0 Å². The molecule has 0 aromatic rings. The topological polar surface area (TPSA) is 72.2 Å². The first kappa shape index (κ1) is 15.7. The molecule has 0 aromatic heterocycles. The minimum Gasteiger partial charge on any atom is -0.327 e. The lowest BCUT2D eigenvalue weighted by Gasteiger charge is -2.11. The van der Waals surface area contributed by atoms with Gasteiger partial charge in [0.15, 0.2) is 0 Å². The van der Waals surface area contributed by atoms with E-state index >= 15 is 0 Å². The molecule has 0 rings (SSSR count). The Morgan fingerprint density at radius 3 is 2.38 bits per heavy atom. The summed E-state index contributed by atoms with van der Waals surface area (Å²) in [5, 5.41) is 0. The first-order valence-corrected chi connectivity index (χ1v) is 6.61. The molecular formula is C8H17F3N2O2S. The summed E-state index contributed by atoms with van der Waals surface area (Å²) in [4.78, 5) is 0. The molecule has 0 heterocycles. The standard InChI is InChI=1S/C8H17F3N2O2S/c1-2-7(12)6-13-16(14,15)5-3-4-8(9,10)11/h7,13H,2-6,12H2,1H3. The quantitative estimate of drug-likeness (QED) is 0.718. The summed E-state index contributed by atoms with van der Waals surface area (Å²) in [5.74, 6) is -0.525. The molecule has 0 saturated heterocycles. The van der Waals surface area contributed by atoms with Gasteiger partial charge in [-0.05, 0) is 12.8 Å². The molecule has 0 radical (unpaired) electrons. The lowest BCUT2D eigenvalue weighted by molar-refractivity contribution is -0.134. The van der Waals surface area contributed by atoms with Gasteiger partial charge in [-0.15, -0.1) is 0 Å². The number of nitrogens with one attached hydrogen (secondary N) is 1.